The van der Waals surface area contributed by atoms with Gasteiger partial charge in [0, 0.05) is 5.56 Å². The van der Waals surface area contributed by atoms with E-state index >= 15 is 0 Å². The predicted octanol–water partition coefficient (Wildman–Crippen LogP) is 4.68. The Hall–Kier alpha value is -2.99. The van der Waals surface area contributed by atoms with E-state index in [0.29, 0.717) is 28.8 Å². The van der Waals surface area contributed by atoms with Crippen LogP contribution < -0.4 is 9.47 Å². The predicted molar refractivity (Wildman–Crippen MR) is 100 cm³/mol. The molecule has 0 amide bonds. The highest BCUT2D eigenvalue weighted by Crippen LogP contribution is 2.36. The minimum atomic E-state index is -0.554. The molecule has 0 aliphatic heterocycles. The summed E-state index contributed by atoms with van der Waals surface area (Å²) in [4.78, 5) is 16.8. The first-order valence-corrected chi connectivity index (χ1v) is 8.51. The van der Waals surface area contributed by atoms with E-state index in [1.54, 1.807) is 6.92 Å². The third-order valence-corrected chi connectivity index (χ3v) is 4.20. The van der Waals surface area contributed by atoms with Gasteiger partial charge in [0.15, 0.2) is 11.5 Å². The van der Waals surface area contributed by atoms with E-state index in [9.17, 15) is 4.79 Å². The van der Waals surface area contributed by atoms with Crippen LogP contribution in [0, 0.1) is 6.92 Å². The van der Waals surface area contributed by atoms with Gasteiger partial charge in [-0.15, -0.1) is 0 Å². The lowest BCUT2D eigenvalue weighted by Crippen LogP contribution is -2.07. The molecule has 0 bridgehead atoms. The number of hydrogen-bond acceptors (Lipinski definition) is 6. The lowest BCUT2D eigenvalue weighted by atomic mass is 10.2. The van der Waals surface area contributed by atoms with Crippen molar-refractivity contribution < 1.29 is 23.4 Å². The van der Waals surface area contributed by atoms with E-state index in [-0.39, 0.29) is 17.2 Å². The zero-order valence-electron chi connectivity index (χ0n) is 15.1. The second-order valence-electron chi connectivity index (χ2n) is 5.66. The Labute approximate surface area is 161 Å². The van der Waals surface area contributed by atoms with E-state index in [2.05, 4.69) is 4.98 Å². The zero-order valence-corrected chi connectivity index (χ0v) is 15.9. The second kappa shape index (κ2) is 8.14. The molecule has 6 nitrogen and oxygen atoms in total. The third kappa shape index (κ3) is 4.06. The molecule has 0 radical (unpaired) electrons. The van der Waals surface area contributed by atoms with Crippen molar-refractivity contribution in [2.75, 3.05) is 14.2 Å². The van der Waals surface area contributed by atoms with Crippen LogP contribution in [0.25, 0.3) is 11.5 Å². The fourth-order valence-electron chi connectivity index (χ4n) is 2.52. The Balaban J connectivity index is 1.75. The summed E-state index contributed by atoms with van der Waals surface area (Å²) in [5.74, 6) is 1.22. The van der Waals surface area contributed by atoms with Gasteiger partial charge in [-0.2, -0.15) is 0 Å². The van der Waals surface area contributed by atoms with E-state index in [0.717, 1.165) is 5.56 Å². The van der Waals surface area contributed by atoms with Crippen LogP contribution in [0.1, 0.15) is 21.8 Å². The average molecular weight is 388 g/mol. The molecular formula is C20H18ClNO5. The van der Waals surface area contributed by atoms with Crippen LogP contribution in [0.5, 0.6) is 11.5 Å². The first-order valence-electron chi connectivity index (χ1n) is 8.14. The minimum absolute atomic E-state index is 0.0209. The first-order chi connectivity index (χ1) is 13.0. The molecule has 3 aromatic rings. The number of ether oxygens (including phenoxy) is 3. The van der Waals surface area contributed by atoms with E-state index in [4.69, 9.17) is 30.2 Å². The summed E-state index contributed by atoms with van der Waals surface area (Å²) in [6, 6.07) is 12.5. The summed E-state index contributed by atoms with van der Waals surface area (Å²) in [5.41, 5.74) is 1.65. The molecule has 0 atom stereocenters. The lowest BCUT2D eigenvalue weighted by Gasteiger charge is -2.11. The minimum Gasteiger partial charge on any atom is -0.493 e. The fourth-order valence-corrected chi connectivity index (χ4v) is 2.81. The molecule has 0 saturated heterocycles. The number of methoxy groups -OCH3 is 2. The van der Waals surface area contributed by atoms with Crippen molar-refractivity contribution >= 4 is 17.6 Å². The quantitative estimate of drug-likeness (QED) is 0.572. The number of aromatic nitrogens is 1. The smallest absolute Gasteiger partial charge is 0.338 e. The summed E-state index contributed by atoms with van der Waals surface area (Å²) in [7, 11) is 2.94. The van der Waals surface area contributed by atoms with Crippen molar-refractivity contribution in [1.29, 1.82) is 0 Å². The molecule has 0 unspecified atom stereocenters. The van der Waals surface area contributed by atoms with Crippen LogP contribution in [0.3, 0.4) is 0 Å². The van der Waals surface area contributed by atoms with Gasteiger partial charge in [-0.25, -0.2) is 9.78 Å². The molecule has 0 fully saturated rings. The van der Waals surface area contributed by atoms with Gasteiger partial charge in [-0.1, -0.05) is 29.8 Å². The molecule has 0 spiro atoms. The monoisotopic (exact) mass is 387 g/mol. The van der Waals surface area contributed by atoms with Gasteiger partial charge >= 0.3 is 5.97 Å². The summed E-state index contributed by atoms with van der Waals surface area (Å²) in [6.07, 6.45) is 0. The molecule has 7 heteroatoms. The lowest BCUT2D eigenvalue weighted by molar-refractivity contribution is 0.0466. The molecule has 0 N–H and O–H groups in total. The van der Waals surface area contributed by atoms with Crippen LogP contribution >= 0.6 is 11.6 Å². The maximum Gasteiger partial charge on any atom is 0.338 e. The Morgan fingerprint density at radius 1 is 1.15 bits per heavy atom. The van der Waals surface area contributed by atoms with Crippen LogP contribution in [-0.2, 0) is 11.3 Å². The van der Waals surface area contributed by atoms with Gasteiger partial charge in [-0.05, 0) is 31.2 Å². The molecule has 1 aromatic heterocycles. The highest BCUT2D eigenvalue weighted by molar-refractivity contribution is 6.32. The number of rotatable bonds is 6. The molecule has 1 heterocycles. The molecule has 27 heavy (non-hydrogen) atoms. The summed E-state index contributed by atoms with van der Waals surface area (Å²) in [6.45, 7) is 1.75. The largest absolute Gasteiger partial charge is 0.493 e. The molecule has 0 aliphatic rings. The maximum atomic E-state index is 12.4. The van der Waals surface area contributed by atoms with Crippen molar-refractivity contribution in [1.82, 2.24) is 4.98 Å². The van der Waals surface area contributed by atoms with E-state index in [1.807, 2.05) is 30.3 Å². The molecule has 140 valence electrons. The van der Waals surface area contributed by atoms with Crippen molar-refractivity contribution in [2.24, 2.45) is 0 Å². The Morgan fingerprint density at radius 2 is 1.89 bits per heavy atom. The number of aryl methyl sites for hydroxylation is 1. The van der Waals surface area contributed by atoms with Crippen molar-refractivity contribution in [2.45, 2.75) is 13.5 Å². The van der Waals surface area contributed by atoms with Gasteiger partial charge < -0.3 is 18.6 Å². The topological polar surface area (TPSA) is 70.8 Å². The number of oxazole rings is 1. The number of hydrogen-bond donors (Lipinski definition) is 0. The number of carbonyl (C=O) groups excluding carboxylic acids is 1. The normalized spacial score (nSPS) is 10.5. The number of benzene rings is 2. The van der Waals surface area contributed by atoms with Crippen LogP contribution in [0.2, 0.25) is 5.02 Å². The number of carbonyl (C=O) groups is 1. The zero-order chi connectivity index (χ0) is 19.4. The first kappa shape index (κ1) is 18.8. The van der Waals surface area contributed by atoms with Gasteiger partial charge in [0.2, 0.25) is 5.89 Å². The molecule has 2 aromatic carbocycles. The Kier molecular flexibility index (Phi) is 5.66. The number of halogens is 1. The van der Waals surface area contributed by atoms with Gasteiger partial charge in [-0.3, -0.25) is 0 Å². The van der Waals surface area contributed by atoms with Crippen molar-refractivity contribution in [3.63, 3.8) is 0 Å². The van der Waals surface area contributed by atoms with Crippen LogP contribution in [-0.4, -0.2) is 25.2 Å². The molecular weight excluding hydrogens is 370 g/mol. The molecule has 0 saturated carbocycles. The number of esters is 1. The van der Waals surface area contributed by atoms with E-state index < -0.39 is 5.97 Å². The van der Waals surface area contributed by atoms with Gasteiger partial charge in [0.1, 0.15) is 18.1 Å². The van der Waals surface area contributed by atoms with Crippen molar-refractivity contribution in [3.8, 4) is 23.0 Å². The highest BCUT2D eigenvalue weighted by Gasteiger charge is 2.18. The summed E-state index contributed by atoms with van der Waals surface area (Å²) < 4.78 is 21.4. The van der Waals surface area contributed by atoms with Crippen LogP contribution in [0.15, 0.2) is 46.9 Å². The van der Waals surface area contributed by atoms with Gasteiger partial charge in [0.05, 0.1) is 24.8 Å². The molecule has 3 rings (SSSR count). The SMILES string of the molecule is COc1cc(C(=O)OCc2nc(-c3ccccc3)oc2C)cc(Cl)c1OC. The Morgan fingerprint density at radius 3 is 2.56 bits per heavy atom. The standard InChI is InChI=1S/C20H18ClNO5/c1-12-16(22-19(27-12)13-7-5-4-6-8-13)11-26-20(23)14-9-15(21)18(25-3)17(10-14)24-2/h4-10H,11H2,1-3H3. The summed E-state index contributed by atoms with van der Waals surface area (Å²) in [5, 5.41) is 0.257. The number of nitrogens with zero attached hydrogens (tertiary/aromatic N) is 1. The third-order valence-electron chi connectivity index (χ3n) is 3.92. The van der Waals surface area contributed by atoms with Crippen molar-refractivity contribution in [3.05, 3.63) is 64.5 Å². The second-order valence-corrected chi connectivity index (χ2v) is 6.06. The summed E-state index contributed by atoms with van der Waals surface area (Å²) >= 11 is 6.13. The maximum absolute atomic E-state index is 12.4. The highest BCUT2D eigenvalue weighted by atomic mass is 35.5. The van der Waals surface area contributed by atoms with E-state index in [1.165, 1.54) is 26.4 Å². The molecule has 0 aliphatic carbocycles. The average Bonchev–Trinajstić information content (AvgIpc) is 3.06. The van der Waals surface area contributed by atoms with Crippen LogP contribution in [0.4, 0.5) is 0 Å². The van der Waals surface area contributed by atoms with Gasteiger partial charge in [0.25, 0.3) is 0 Å². The Bertz CT molecular complexity index is 953. The fraction of sp³-hybridized carbons (Fsp3) is 0.200.